The van der Waals surface area contributed by atoms with Crippen LogP contribution in [0.5, 0.6) is 11.5 Å². The van der Waals surface area contributed by atoms with Gasteiger partial charge in [-0.15, -0.1) is 0 Å². The second-order valence-electron chi connectivity index (χ2n) is 12.9. The number of nitrogens with one attached hydrogen (secondary N) is 2. The lowest BCUT2D eigenvalue weighted by Crippen LogP contribution is -2.37. The first-order valence-corrected chi connectivity index (χ1v) is 16.8. The standard InChI is InChI=1S/C40H46N4O4/c1-43-37(22-17-27-9-6-5-7-10-27)41-34(39(43)45)20-15-28-11-8-12-31(23-28)33-24-30(16-21-36(33)48-4)26-38-42-35(40(46)44(38)2)25-29-13-18-32(47-3)19-14-29/h5-14,16,18-19,21,23-24,34-35,37-38,41-42H,15,17,20,22,25-26H2,1-4H3/t34-,35-,37+,38+/m0/s1. The predicted molar refractivity (Wildman–Crippen MR) is 189 cm³/mol. The maximum absolute atomic E-state index is 13.2. The molecule has 2 N–H and O–H groups in total. The Morgan fingerprint density at radius 2 is 1.27 bits per heavy atom. The van der Waals surface area contributed by atoms with E-state index in [0.29, 0.717) is 12.8 Å². The summed E-state index contributed by atoms with van der Waals surface area (Å²) in [5.74, 6) is 1.86. The largest absolute Gasteiger partial charge is 0.497 e. The number of hydrogen-bond acceptors (Lipinski definition) is 6. The van der Waals surface area contributed by atoms with E-state index in [2.05, 4.69) is 71.3 Å². The fourth-order valence-electron chi connectivity index (χ4n) is 6.94. The molecule has 8 heteroatoms. The molecule has 0 saturated carbocycles. The predicted octanol–water partition coefficient (Wildman–Crippen LogP) is 5.23. The Morgan fingerprint density at radius 1 is 0.604 bits per heavy atom. The second-order valence-corrected chi connectivity index (χ2v) is 12.9. The van der Waals surface area contributed by atoms with Crippen molar-refractivity contribution < 1.29 is 19.1 Å². The van der Waals surface area contributed by atoms with E-state index in [1.54, 1.807) is 14.2 Å². The van der Waals surface area contributed by atoms with E-state index in [9.17, 15) is 9.59 Å². The van der Waals surface area contributed by atoms with Crippen molar-refractivity contribution in [3.05, 3.63) is 119 Å². The van der Waals surface area contributed by atoms with Crippen molar-refractivity contribution >= 4 is 11.8 Å². The van der Waals surface area contributed by atoms with Gasteiger partial charge in [-0.25, -0.2) is 0 Å². The smallest absolute Gasteiger partial charge is 0.241 e. The van der Waals surface area contributed by atoms with Crippen molar-refractivity contribution in [2.45, 2.75) is 62.9 Å². The summed E-state index contributed by atoms with van der Waals surface area (Å²) in [5.41, 5.74) is 6.74. The summed E-state index contributed by atoms with van der Waals surface area (Å²) in [4.78, 5) is 29.9. The van der Waals surface area contributed by atoms with Crippen molar-refractivity contribution in [1.82, 2.24) is 20.4 Å². The Balaban J connectivity index is 1.09. The summed E-state index contributed by atoms with van der Waals surface area (Å²) in [7, 11) is 7.12. The van der Waals surface area contributed by atoms with Crippen LogP contribution in [0.3, 0.4) is 0 Å². The summed E-state index contributed by atoms with van der Waals surface area (Å²) in [5, 5.41) is 7.14. The molecule has 4 aromatic rings. The molecule has 2 aliphatic rings. The van der Waals surface area contributed by atoms with Gasteiger partial charge < -0.3 is 19.3 Å². The van der Waals surface area contributed by atoms with Crippen LogP contribution in [-0.2, 0) is 35.3 Å². The molecular formula is C40H46N4O4. The van der Waals surface area contributed by atoms with Crippen LogP contribution in [0.1, 0.15) is 35.1 Å². The number of benzene rings is 4. The summed E-state index contributed by atoms with van der Waals surface area (Å²) in [6.07, 6.45) is 4.56. The highest BCUT2D eigenvalue weighted by atomic mass is 16.5. The maximum Gasteiger partial charge on any atom is 0.241 e. The third kappa shape index (κ3) is 7.56. The van der Waals surface area contributed by atoms with Crippen molar-refractivity contribution in [2.75, 3.05) is 28.3 Å². The number of methoxy groups -OCH3 is 2. The van der Waals surface area contributed by atoms with E-state index in [1.807, 2.05) is 60.3 Å². The zero-order chi connectivity index (χ0) is 33.6. The zero-order valence-corrected chi connectivity index (χ0v) is 28.3. The Bertz CT molecular complexity index is 1710. The quantitative estimate of drug-likeness (QED) is 0.207. The van der Waals surface area contributed by atoms with E-state index < -0.39 is 0 Å². The molecule has 0 unspecified atom stereocenters. The average molecular weight is 647 g/mol. The summed E-state index contributed by atoms with van der Waals surface area (Å²) in [6, 6.07) is 32.6. The Labute approximate surface area is 284 Å². The van der Waals surface area contributed by atoms with Gasteiger partial charge in [0.2, 0.25) is 11.8 Å². The van der Waals surface area contributed by atoms with E-state index >= 15 is 0 Å². The molecule has 0 aromatic heterocycles. The molecule has 0 bridgehead atoms. The molecule has 0 spiro atoms. The van der Waals surface area contributed by atoms with Gasteiger partial charge >= 0.3 is 0 Å². The molecule has 8 nitrogen and oxygen atoms in total. The van der Waals surface area contributed by atoms with Crippen LogP contribution in [0.2, 0.25) is 0 Å². The summed E-state index contributed by atoms with van der Waals surface area (Å²) >= 11 is 0. The van der Waals surface area contributed by atoms with Gasteiger partial charge in [0.15, 0.2) is 0 Å². The summed E-state index contributed by atoms with van der Waals surface area (Å²) in [6.45, 7) is 0. The first kappa shape index (κ1) is 33.2. The Morgan fingerprint density at radius 3 is 2.02 bits per heavy atom. The molecule has 2 fully saturated rings. The van der Waals surface area contributed by atoms with Crippen molar-refractivity contribution in [2.24, 2.45) is 0 Å². The highest BCUT2D eigenvalue weighted by molar-refractivity contribution is 5.85. The van der Waals surface area contributed by atoms with Crippen LogP contribution < -0.4 is 20.1 Å². The SMILES string of the molecule is COc1ccc(C[C@@H]2N[C@@H](Cc3ccc(OC)c(-c4cccc(CC[C@@H]5N[C@@H](CCc6ccccc6)N(C)C5=O)c4)c3)N(C)C2=O)cc1. The molecule has 4 aromatic carbocycles. The minimum absolute atomic E-state index is 0.0439. The Hall–Kier alpha value is -4.66. The lowest BCUT2D eigenvalue weighted by molar-refractivity contribution is -0.129. The monoisotopic (exact) mass is 646 g/mol. The molecule has 2 saturated heterocycles. The topological polar surface area (TPSA) is 83.1 Å². The third-order valence-electron chi connectivity index (χ3n) is 9.81. The molecule has 6 rings (SSSR count). The Kier molecular flexibility index (Phi) is 10.4. The van der Waals surface area contributed by atoms with E-state index in [0.717, 1.165) is 59.4 Å². The van der Waals surface area contributed by atoms with Crippen LogP contribution in [-0.4, -0.2) is 74.3 Å². The molecule has 4 atom stereocenters. The molecule has 0 aliphatic carbocycles. The van der Waals surface area contributed by atoms with Crippen LogP contribution in [0.15, 0.2) is 97.1 Å². The highest BCUT2D eigenvalue weighted by Gasteiger charge is 2.37. The molecule has 0 radical (unpaired) electrons. The molecule has 250 valence electrons. The fraction of sp³-hybridized carbons (Fsp3) is 0.350. The van der Waals surface area contributed by atoms with E-state index in [4.69, 9.17) is 9.47 Å². The van der Waals surface area contributed by atoms with Crippen LogP contribution >= 0.6 is 0 Å². The van der Waals surface area contributed by atoms with Crippen molar-refractivity contribution in [3.63, 3.8) is 0 Å². The molecule has 48 heavy (non-hydrogen) atoms. The maximum atomic E-state index is 13.2. The molecule has 2 heterocycles. The van der Waals surface area contributed by atoms with Gasteiger partial charge in [-0.1, -0.05) is 72.8 Å². The number of ether oxygens (including phenoxy) is 2. The summed E-state index contributed by atoms with van der Waals surface area (Å²) < 4.78 is 11.1. The molecule has 2 aliphatic heterocycles. The van der Waals surface area contributed by atoms with Gasteiger partial charge in [0, 0.05) is 26.1 Å². The van der Waals surface area contributed by atoms with Crippen LogP contribution in [0.25, 0.3) is 11.1 Å². The number of amides is 2. The van der Waals surface area contributed by atoms with Gasteiger partial charge in [-0.3, -0.25) is 20.2 Å². The first-order chi connectivity index (χ1) is 23.3. The number of rotatable bonds is 13. The van der Waals surface area contributed by atoms with Gasteiger partial charge in [-0.2, -0.15) is 0 Å². The number of carbonyl (C=O) groups is 2. The molecule has 2 amide bonds. The van der Waals surface area contributed by atoms with Crippen LogP contribution in [0.4, 0.5) is 0 Å². The van der Waals surface area contributed by atoms with Gasteiger partial charge in [-0.05, 0) is 84.2 Å². The first-order valence-electron chi connectivity index (χ1n) is 16.8. The second kappa shape index (κ2) is 15.0. The number of carbonyl (C=O) groups excluding carboxylic acids is 2. The normalized spacial score (nSPS) is 20.8. The van der Waals surface area contributed by atoms with Gasteiger partial charge in [0.05, 0.1) is 38.6 Å². The molecular weight excluding hydrogens is 600 g/mol. The van der Waals surface area contributed by atoms with E-state index in [1.165, 1.54) is 11.1 Å². The fourth-order valence-corrected chi connectivity index (χ4v) is 6.94. The third-order valence-corrected chi connectivity index (χ3v) is 9.81. The minimum atomic E-state index is -0.275. The van der Waals surface area contributed by atoms with Crippen molar-refractivity contribution in [1.29, 1.82) is 0 Å². The number of aryl methyl sites for hydroxylation is 2. The van der Waals surface area contributed by atoms with Crippen molar-refractivity contribution in [3.8, 4) is 22.6 Å². The van der Waals surface area contributed by atoms with Gasteiger partial charge in [0.1, 0.15) is 11.5 Å². The lowest BCUT2D eigenvalue weighted by Gasteiger charge is -2.20. The number of hydrogen-bond donors (Lipinski definition) is 2. The highest BCUT2D eigenvalue weighted by Crippen LogP contribution is 2.33. The minimum Gasteiger partial charge on any atom is -0.497 e. The number of nitrogens with zero attached hydrogens (tertiary/aromatic N) is 2. The lowest BCUT2D eigenvalue weighted by atomic mass is 9.96. The van der Waals surface area contributed by atoms with Crippen LogP contribution in [0, 0.1) is 0 Å². The average Bonchev–Trinajstić information content (AvgIpc) is 3.55. The van der Waals surface area contributed by atoms with Gasteiger partial charge in [0.25, 0.3) is 0 Å². The number of likely N-dealkylation sites (N-methyl/N-ethyl adjacent to an activating group) is 2. The van der Waals surface area contributed by atoms with E-state index in [-0.39, 0.29) is 36.2 Å². The zero-order valence-electron chi connectivity index (χ0n) is 28.3.